The molecule has 0 aliphatic rings. The largest absolute Gasteiger partial charge is 0.268 e. The van der Waals surface area contributed by atoms with Crippen LogP contribution in [0.3, 0.4) is 0 Å². The van der Waals surface area contributed by atoms with E-state index in [1.165, 1.54) is 17.0 Å². The minimum absolute atomic E-state index is 0. The average Bonchev–Trinajstić information content (AvgIpc) is 3.51. The van der Waals surface area contributed by atoms with E-state index >= 15 is 0 Å². The Kier molecular flexibility index (Phi) is 23.2. The van der Waals surface area contributed by atoms with Gasteiger partial charge < -0.3 is 0 Å². The van der Waals surface area contributed by atoms with Crippen molar-refractivity contribution in [2.75, 3.05) is 0 Å². The highest BCUT2D eigenvalue weighted by Gasteiger charge is 2.26. The fourth-order valence-corrected chi connectivity index (χ4v) is 4.15. The Balaban J connectivity index is -0.000000168. The molecule has 0 aliphatic carbocycles. The summed E-state index contributed by atoms with van der Waals surface area (Å²) in [5.41, 5.74) is 5.87. The van der Waals surface area contributed by atoms with Crippen LogP contribution < -0.4 is 0 Å². The predicted octanol–water partition coefficient (Wildman–Crippen LogP) is 12.5. The van der Waals surface area contributed by atoms with Crippen LogP contribution in [0.5, 0.6) is 0 Å². The second kappa shape index (κ2) is 20.2. The molecule has 0 fully saturated rings. The Morgan fingerprint density at radius 1 is 0.532 bits per heavy atom. The Hall–Kier alpha value is -2.44. The Morgan fingerprint density at radius 2 is 0.936 bits per heavy atom. The molecule has 3 rings (SSSR count). The minimum Gasteiger partial charge on any atom is -0.268 e. The molecule has 0 aromatic carbocycles. The van der Waals surface area contributed by atoms with Crippen LogP contribution in [0.25, 0.3) is 0 Å². The molecule has 0 N–H and O–H groups in total. The van der Waals surface area contributed by atoms with Crippen LogP contribution in [-0.4, -0.2) is 34.6 Å². The van der Waals surface area contributed by atoms with Crippen LogP contribution in [0.4, 0.5) is 0 Å². The summed E-state index contributed by atoms with van der Waals surface area (Å²) in [7, 11) is 0. The van der Waals surface area contributed by atoms with Gasteiger partial charge in [-0.3, -0.25) is 9.36 Å². The van der Waals surface area contributed by atoms with Gasteiger partial charge in [0.1, 0.15) is 0 Å². The van der Waals surface area contributed by atoms with E-state index in [9.17, 15) is 0 Å². The molecule has 47 heavy (non-hydrogen) atoms. The van der Waals surface area contributed by atoms with E-state index in [0.717, 1.165) is 5.69 Å². The summed E-state index contributed by atoms with van der Waals surface area (Å²) in [4.78, 5) is 0. The van der Waals surface area contributed by atoms with E-state index in [0.29, 0.717) is 5.41 Å². The van der Waals surface area contributed by atoms with Crippen LogP contribution in [0, 0.1) is 19.3 Å². The maximum atomic E-state index is 4.47. The quantitative estimate of drug-likeness (QED) is 0.240. The third kappa shape index (κ3) is 20.5. The van der Waals surface area contributed by atoms with Gasteiger partial charge in [0, 0.05) is 23.5 Å². The van der Waals surface area contributed by atoms with Crippen molar-refractivity contribution < 1.29 is 0 Å². The van der Waals surface area contributed by atoms with Crippen molar-refractivity contribution in [3.8, 4) is 0 Å². The number of aromatic nitrogens is 7. The first-order valence-corrected chi connectivity index (χ1v) is 16.4. The van der Waals surface area contributed by atoms with Crippen molar-refractivity contribution in [2.45, 2.75) is 209 Å². The van der Waals surface area contributed by atoms with Gasteiger partial charge in [-0.05, 0) is 98.6 Å². The van der Waals surface area contributed by atoms with Crippen LogP contribution in [-0.2, 0) is 27.4 Å². The Bertz CT molecular complexity index is 1050. The van der Waals surface area contributed by atoms with E-state index in [2.05, 4.69) is 171 Å². The molecule has 280 valence electrons. The zero-order valence-corrected chi connectivity index (χ0v) is 33.4. The molecule has 3 heterocycles. The van der Waals surface area contributed by atoms with Gasteiger partial charge in [-0.25, -0.2) is 4.68 Å². The predicted molar refractivity (Wildman–Crippen MR) is 213 cm³/mol. The lowest BCUT2D eigenvalue weighted by Gasteiger charge is -2.24. The Labute approximate surface area is 295 Å². The third-order valence-electron chi connectivity index (χ3n) is 5.89. The summed E-state index contributed by atoms with van der Waals surface area (Å²) >= 11 is 0. The lowest BCUT2D eigenvalue weighted by atomic mass is 9.87. The molecule has 7 nitrogen and oxygen atoms in total. The molecule has 0 saturated heterocycles. The van der Waals surface area contributed by atoms with Crippen molar-refractivity contribution in [2.24, 2.45) is 5.41 Å². The van der Waals surface area contributed by atoms with E-state index < -0.39 is 0 Å². The van der Waals surface area contributed by atoms with Gasteiger partial charge in [-0.15, -0.1) is 5.10 Å². The van der Waals surface area contributed by atoms with Crippen LogP contribution in [0.2, 0.25) is 0 Å². The average molecular weight is 664 g/mol. The van der Waals surface area contributed by atoms with Crippen LogP contribution in [0.1, 0.15) is 190 Å². The van der Waals surface area contributed by atoms with Crippen molar-refractivity contribution in [3.05, 3.63) is 47.3 Å². The molecule has 0 unspecified atom stereocenters. The molecule has 0 saturated carbocycles. The maximum absolute atomic E-state index is 4.47. The first kappa shape index (κ1) is 54.0. The Morgan fingerprint density at radius 3 is 1.11 bits per heavy atom. The summed E-state index contributed by atoms with van der Waals surface area (Å²) < 4.78 is 6.04. The maximum Gasteiger partial charge on any atom is 0.0909 e. The van der Waals surface area contributed by atoms with Crippen molar-refractivity contribution in [1.82, 2.24) is 34.6 Å². The monoisotopic (exact) mass is 664 g/mol. The van der Waals surface area contributed by atoms with Crippen molar-refractivity contribution in [3.63, 3.8) is 0 Å². The third-order valence-corrected chi connectivity index (χ3v) is 5.89. The number of hydrogen-bond acceptors (Lipinski definition) is 4. The molecular formula is C40H85N7. The molecule has 3 aromatic rings. The molecule has 0 spiro atoms. The fourth-order valence-electron chi connectivity index (χ4n) is 4.15. The molecule has 3 aromatic heterocycles. The molecule has 0 bridgehead atoms. The molecule has 0 aliphatic heterocycles. The van der Waals surface area contributed by atoms with Gasteiger partial charge in [0.2, 0.25) is 0 Å². The second-order valence-corrected chi connectivity index (χ2v) is 18.0. The van der Waals surface area contributed by atoms with E-state index in [1.54, 1.807) is 6.20 Å². The smallest absolute Gasteiger partial charge is 0.0909 e. The zero-order chi connectivity index (χ0) is 35.7. The van der Waals surface area contributed by atoms with E-state index in [4.69, 9.17) is 0 Å². The van der Waals surface area contributed by atoms with Crippen molar-refractivity contribution >= 4 is 0 Å². The summed E-state index contributed by atoms with van der Waals surface area (Å²) in [5, 5.41) is 17.1. The highest BCUT2D eigenvalue weighted by molar-refractivity contribution is 5.25. The second-order valence-electron chi connectivity index (χ2n) is 18.0. The van der Waals surface area contributed by atoms with Crippen molar-refractivity contribution in [1.29, 1.82) is 0 Å². The van der Waals surface area contributed by atoms with Gasteiger partial charge in [-0.2, -0.15) is 10.2 Å². The van der Waals surface area contributed by atoms with Crippen LogP contribution in [0.15, 0.2) is 24.7 Å². The van der Waals surface area contributed by atoms with E-state index in [-0.39, 0.29) is 49.7 Å². The molecular weight excluding hydrogens is 578 g/mol. The highest BCUT2D eigenvalue weighted by atomic mass is 15.5. The van der Waals surface area contributed by atoms with Gasteiger partial charge in [-0.1, -0.05) is 111 Å². The molecule has 0 atom stereocenters. The summed E-state index contributed by atoms with van der Waals surface area (Å²) in [6.45, 7) is 49.5. The number of hydrogen-bond donors (Lipinski definition) is 0. The first-order valence-electron chi connectivity index (χ1n) is 16.4. The molecule has 7 heteroatoms. The lowest BCUT2D eigenvalue weighted by Crippen LogP contribution is -2.25. The summed E-state index contributed by atoms with van der Waals surface area (Å²) in [5.74, 6) is 0. The van der Waals surface area contributed by atoms with Crippen LogP contribution >= 0.6 is 0 Å². The first-order chi connectivity index (χ1) is 19.4. The van der Waals surface area contributed by atoms with Gasteiger partial charge in [0.15, 0.2) is 0 Å². The topological polar surface area (TPSA) is 66.3 Å². The number of nitrogens with zero attached hydrogens (tertiary/aromatic N) is 7. The van der Waals surface area contributed by atoms with Gasteiger partial charge in [0.25, 0.3) is 0 Å². The molecule has 0 radical (unpaired) electrons. The summed E-state index contributed by atoms with van der Waals surface area (Å²) in [6.07, 6.45) is 5.77. The highest BCUT2D eigenvalue weighted by Crippen LogP contribution is 2.28. The van der Waals surface area contributed by atoms with E-state index in [1.807, 2.05) is 41.7 Å². The van der Waals surface area contributed by atoms with Gasteiger partial charge >= 0.3 is 0 Å². The molecule has 0 amide bonds. The summed E-state index contributed by atoms with van der Waals surface area (Å²) in [6, 6.07) is 1.94. The minimum atomic E-state index is 0. The zero-order valence-electron chi connectivity index (χ0n) is 33.4. The SMILES string of the molecule is C.C.C.CC.CC(C)(C)C.CC(C)(C)n1cccn1.Cc1c(C(C)(C)C)cnn1C(C)(C)C.Cc1c(C(C)(C)C)nnn1C(C)(C)C. The number of rotatable bonds is 0. The standard InChI is InChI=1S/C12H22N2.C11H21N3.C7H12N2.C5H12.C2H6.3CH4/c1-9-10(11(2,3)4)8-13-14(9)12(5,6)7;1-8-9(10(2,3)4)12-13-14(8)11(5,6)7;1-7(2,3)9-6-4-5-8-9;1-5(2,3)4;1-2;;;/h8H,1-7H3;1-7H3;4-6H,1-3H3;1-4H3;1-2H3;3*1H4. The lowest BCUT2D eigenvalue weighted by molar-refractivity contribution is 0.339. The van der Waals surface area contributed by atoms with Gasteiger partial charge in [0.05, 0.1) is 34.2 Å². The fraction of sp³-hybridized carbons (Fsp3) is 0.800. The normalized spacial score (nSPS) is 11.6.